The normalized spacial score (nSPS) is 23.8. The molecule has 96 valence electrons. The maximum absolute atomic E-state index is 6.14. The summed E-state index contributed by atoms with van der Waals surface area (Å²) in [5, 5.41) is 0. The van der Waals surface area contributed by atoms with Gasteiger partial charge in [-0.2, -0.15) is 0 Å². The van der Waals surface area contributed by atoms with E-state index in [1.807, 2.05) is 13.0 Å². The molecule has 0 amide bonds. The average Bonchev–Trinajstić information content (AvgIpc) is 2.73. The second-order valence-corrected chi connectivity index (χ2v) is 6.14. The largest absolute Gasteiger partial charge is 0.465 e. The summed E-state index contributed by atoms with van der Waals surface area (Å²) in [5.74, 6) is 1.97. The Kier molecular flexibility index (Phi) is 3.32. The fourth-order valence-electron chi connectivity index (χ4n) is 2.78. The highest BCUT2D eigenvalue weighted by atomic mass is 16.3. The Balaban J connectivity index is 2.19. The highest BCUT2D eigenvalue weighted by Crippen LogP contribution is 2.36. The van der Waals surface area contributed by atoms with Gasteiger partial charge in [0.1, 0.15) is 11.5 Å². The standard InChI is InChI=1S/C14H24N2O/c1-10-5-6-12(17-10)13(11(2)15)16-8-7-14(3,4)9-16/h5-6,11,13H,7-9,15H2,1-4H3. The molecule has 1 aliphatic rings. The minimum Gasteiger partial charge on any atom is -0.465 e. The third kappa shape index (κ3) is 2.72. The quantitative estimate of drug-likeness (QED) is 0.877. The Labute approximate surface area is 104 Å². The lowest BCUT2D eigenvalue weighted by molar-refractivity contribution is 0.172. The average molecular weight is 236 g/mol. The van der Waals surface area contributed by atoms with Gasteiger partial charge in [0.2, 0.25) is 0 Å². The lowest BCUT2D eigenvalue weighted by atomic mass is 9.93. The zero-order chi connectivity index (χ0) is 12.6. The topological polar surface area (TPSA) is 42.4 Å². The molecule has 1 aromatic heterocycles. The van der Waals surface area contributed by atoms with Crippen LogP contribution in [0.4, 0.5) is 0 Å². The summed E-state index contributed by atoms with van der Waals surface area (Å²) in [4.78, 5) is 2.46. The van der Waals surface area contributed by atoms with Crippen LogP contribution in [0.2, 0.25) is 0 Å². The van der Waals surface area contributed by atoms with E-state index in [9.17, 15) is 0 Å². The molecule has 0 spiro atoms. The van der Waals surface area contributed by atoms with E-state index in [1.54, 1.807) is 0 Å². The number of furan rings is 1. The molecule has 2 unspecified atom stereocenters. The van der Waals surface area contributed by atoms with Crippen molar-refractivity contribution in [3.05, 3.63) is 23.7 Å². The number of likely N-dealkylation sites (tertiary alicyclic amines) is 1. The van der Waals surface area contributed by atoms with Gasteiger partial charge in [-0.15, -0.1) is 0 Å². The number of aryl methyl sites for hydroxylation is 1. The molecule has 3 nitrogen and oxygen atoms in total. The van der Waals surface area contributed by atoms with Crippen molar-refractivity contribution in [3.8, 4) is 0 Å². The van der Waals surface area contributed by atoms with Crippen LogP contribution >= 0.6 is 0 Å². The van der Waals surface area contributed by atoms with Crippen LogP contribution in [0.1, 0.15) is 44.8 Å². The van der Waals surface area contributed by atoms with Crippen LogP contribution < -0.4 is 5.73 Å². The van der Waals surface area contributed by atoms with Crippen LogP contribution in [-0.4, -0.2) is 24.0 Å². The molecular formula is C14H24N2O. The zero-order valence-corrected chi connectivity index (χ0v) is 11.4. The number of nitrogens with zero attached hydrogens (tertiary/aromatic N) is 1. The summed E-state index contributed by atoms with van der Waals surface area (Å²) in [6, 6.07) is 4.39. The monoisotopic (exact) mass is 236 g/mol. The van der Waals surface area contributed by atoms with Gasteiger partial charge < -0.3 is 10.2 Å². The molecule has 1 saturated heterocycles. The Morgan fingerprint density at radius 2 is 2.12 bits per heavy atom. The first-order valence-electron chi connectivity index (χ1n) is 6.45. The third-order valence-electron chi connectivity index (χ3n) is 3.65. The zero-order valence-electron chi connectivity index (χ0n) is 11.4. The van der Waals surface area contributed by atoms with Crippen LogP contribution in [0.3, 0.4) is 0 Å². The lowest BCUT2D eigenvalue weighted by Gasteiger charge is -2.30. The summed E-state index contributed by atoms with van der Waals surface area (Å²) in [6.07, 6.45) is 1.23. The van der Waals surface area contributed by atoms with Gasteiger partial charge in [-0.1, -0.05) is 13.8 Å². The van der Waals surface area contributed by atoms with E-state index < -0.39 is 0 Å². The van der Waals surface area contributed by atoms with E-state index in [2.05, 4.69) is 31.7 Å². The molecule has 2 rings (SSSR count). The Morgan fingerprint density at radius 1 is 1.41 bits per heavy atom. The van der Waals surface area contributed by atoms with Crippen molar-refractivity contribution in [2.45, 2.75) is 46.2 Å². The first-order valence-corrected chi connectivity index (χ1v) is 6.45. The molecule has 0 aliphatic carbocycles. The van der Waals surface area contributed by atoms with E-state index in [0.717, 1.165) is 24.6 Å². The maximum atomic E-state index is 6.14. The number of rotatable bonds is 3. The molecule has 1 aliphatic heterocycles. The van der Waals surface area contributed by atoms with Gasteiger partial charge in [0, 0.05) is 12.6 Å². The highest BCUT2D eigenvalue weighted by Gasteiger charge is 2.36. The van der Waals surface area contributed by atoms with E-state index in [-0.39, 0.29) is 12.1 Å². The molecule has 0 saturated carbocycles. The first kappa shape index (κ1) is 12.7. The predicted octanol–water partition coefficient (Wildman–Crippen LogP) is 2.71. The van der Waals surface area contributed by atoms with Crippen molar-refractivity contribution in [2.75, 3.05) is 13.1 Å². The summed E-state index contributed by atoms with van der Waals surface area (Å²) in [5.41, 5.74) is 6.54. The molecule has 3 heteroatoms. The molecule has 17 heavy (non-hydrogen) atoms. The molecule has 2 atom stereocenters. The van der Waals surface area contributed by atoms with E-state index >= 15 is 0 Å². The van der Waals surface area contributed by atoms with Crippen LogP contribution in [0.25, 0.3) is 0 Å². The maximum Gasteiger partial charge on any atom is 0.122 e. The second-order valence-electron chi connectivity index (χ2n) is 6.14. The van der Waals surface area contributed by atoms with Crippen molar-refractivity contribution in [1.82, 2.24) is 4.90 Å². The summed E-state index contributed by atoms with van der Waals surface area (Å²) >= 11 is 0. The highest BCUT2D eigenvalue weighted by molar-refractivity contribution is 5.12. The first-order chi connectivity index (χ1) is 7.89. The Bertz CT molecular complexity index is 381. The van der Waals surface area contributed by atoms with Crippen molar-refractivity contribution in [2.24, 2.45) is 11.1 Å². The summed E-state index contributed by atoms with van der Waals surface area (Å²) < 4.78 is 5.77. The smallest absolute Gasteiger partial charge is 0.122 e. The van der Waals surface area contributed by atoms with Crippen LogP contribution in [0.15, 0.2) is 16.5 Å². The Morgan fingerprint density at radius 3 is 2.53 bits per heavy atom. The van der Waals surface area contributed by atoms with Gasteiger partial charge in [0.05, 0.1) is 6.04 Å². The van der Waals surface area contributed by atoms with Crippen molar-refractivity contribution < 1.29 is 4.42 Å². The summed E-state index contributed by atoms with van der Waals surface area (Å²) in [6.45, 7) is 10.9. The van der Waals surface area contributed by atoms with E-state index in [4.69, 9.17) is 10.2 Å². The van der Waals surface area contributed by atoms with Gasteiger partial charge in [0.25, 0.3) is 0 Å². The molecule has 0 radical (unpaired) electrons. The molecule has 2 heterocycles. The number of hydrogen-bond acceptors (Lipinski definition) is 3. The minimum atomic E-state index is 0.0921. The fourth-order valence-corrected chi connectivity index (χ4v) is 2.78. The van der Waals surface area contributed by atoms with Crippen molar-refractivity contribution in [1.29, 1.82) is 0 Å². The SMILES string of the molecule is Cc1ccc(C(C(C)N)N2CCC(C)(C)C2)o1. The second kappa shape index (κ2) is 4.46. The van der Waals surface area contributed by atoms with E-state index in [0.29, 0.717) is 5.41 Å². The van der Waals surface area contributed by atoms with Crippen molar-refractivity contribution >= 4 is 0 Å². The summed E-state index contributed by atoms with van der Waals surface area (Å²) in [7, 11) is 0. The van der Waals surface area contributed by atoms with Gasteiger partial charge in [-0.25, -0.2) is 0 Å². The third-order valence-corrected chi connectivity index (χ3v) is 3.65. The number of nitrogens with two attached hydrogens (primary N) is 1. The molecule has 0 aromatic carbocycles. The van der Waals surface area contributed by atoms with Crippen molar-refractivity contribution in [3.63, 3.8) is 0 Å². The van der Waals surface area contributed by atoms with Crippen LogP contribution in [0, 0.1) is 12.3 Å². The van der Waals surface area contributed by atoms with Gasteiger partial charge >= 0.3 is 0 Å². The molecule has 2 N–H and O–H groups in total. The molecule has 1 aromatic rings. The minimum absolute atomic E-state index is 0.0921. The lowest BCUT2D eigenvalue weighted by Crippen LogP contribution is -2.38. The number of hydrogen-bond donors (Lipinski definition) is 1. The molecular weight excluding hydrogens is 212 g/mol. The van der Waals surface area contributed by atoms with Gasteiger partial charge in [0.15, 0.2) is 0 Å². The molecule has 1 fully saturated rings. The van der Waals surface area contributed by atoms with Gasteiger partial charge in [-0.3, -0.25) is 4.90 Å². The van der Waals surface area contributed by atoms with Crippen LogP contribution in [0.5, 0.6) is 0 Å². The predicted molar refractivity (Wildman–Crippen MR) is 69.8 cm³/mol. The van der Waals surface area contributed by atoms with E-state index in [1.165, 1.54) is 6.42 Å². The van der Waals surface area contributed by atoms with Crippen LogP contribution in [-0.2, 0) is 0 Å². The fraction of sp³-hybridized carbons (Fsp3) is 0.714. The Hall–Kier alpha value is -0.800. The molecule has 0 bridgehead atoms. The van der Waals surface area contributed by atoms with Gasteiger partial charge in [-0.05, 0) is 44.4 Å².